The standard InChI is InChI=1S/C17H19ClN2O4/c1-2-23-15(21)11-14-17(20-7-9-22-10-8-20)24-16(19-14)12-3-5-13(18)6-4-12/h3-6H,2,7-11H2,1H3. The van der Waals surface area contributed by atoms with Crippen LogP contribution in [0.25, 0.3) is 11.5 Å². The first-order valence-corrected chi connectivity index (χ1v) is 8.29. The fourth-order valence-electron chi connectivity index (χ4n) is 2.54. The molecule has 0 amide bonds. The molecule has 1 aliphatic heterocycles. The minimum atomic E-state index is -0.317. The van der Waals surface area contributed by atoms with E-state index in [1.54, 1.807) is 19.1 Å². The summed E-state index contributed by atoms with van der Waals surface area (Å²) in [6, 6.07) is 7.23. The first kappa shape index (κ1) is 16.8. The molecule has 0 aliphatic carbocycles. The second kappa shape index (κ2) is 7.68. The van der Waals surface area contributed by atoms with E-state index in [1.807, 2.05) is 17.0 Å². The number of esters is 1. The van der Waals surface area contributed by atoms with Crippen LogP contribution in [-0.4, -0.2) is 43.9 Å². The Morgan fingerprint density at radius 2 is 2.00 bits per heavy atom. The van der Waals surface area contributed by atoms with Crippen molar-refractivity contribution >= 4 is 23.5 Å². The van der Waals surface area contributed by atoms with Crippen molar-refractivity contribution in [1.82, 2.24) is 4.98 Å². The number of benzene rings is 1. The minimum absolute atomic E-state index is 0.0810. The van der Waals surface area contributed by atoms with Crippen LogP contribution in [-0.2, 0) is 20.7 Å². The summed E-state index contributed by atoms with van der Waals surface area (Å²) in [6.45, 7) is 4.76. The van der Waals surface area contributed by atoms with Gasteiger partial charge in [-0.25, -0.2) is 4.98 Å². The summed E-state index contributed by atoms with van der Waals surface area (Å²) >= 11 is 5.93. The monoisotopic (exact) mass is 350 g/mol. The summed E-state index contributed by atoms with van der Waals surface area (Å²) in [6.07, 6.45) is 0.0810. The van der Waals surface area contributed by atoms with Crippen LogP contribution in [0.2, 0.25) is 5.02 Å². The van der Waals surface area contributed by atoms with Gasteiger partial charge in [-0.05, 0) is 31.2 Å². The molecular formula is C17H19ClN2O4. The summed E-state index contributed by atoms with van der Waals surface area (Å²) in [5.41, 5.74) is 1.39. The Hall–Kier alpha value is -2.05. The fraction of sp³-hybridized carbons (Fsp3) is 0.412. The second-order valence-electron chi connectivity index (χ2n) is 5.36. The molecule has 6 nitrogen and oxygen atoms in total. The molecule has 0 radical (unpaired) electrons. The first-order valence-electron chi connectivity index (χ1n) is 7.91. The summed E-state index contributed by atoms with van der Waals surface area (Å²) in [5.74, 6) is 0.756. The maximum Gasteiger partial charge on any atom is 0.312 e. The summed E-state index contributed by atoms with van der Waals surface area (Å²) in [4.78, 5) is 18.4. The van der Waals surface area contributed by atoms with Gasteiger partial charge >= 0.3 is 5.97 Å². The van der Waals surface area contributed by atoms with Crippen LogP contribution in [0, 0.1) is 0 Å². The van der Waals surface area contributed by atoms with Crippen LogP contribution in [0.5, 0.6) is 0 Å². The van der Waals surface area contributed by atoms with Gasteiger partial charge in [-0.1, -0.05) is 11.6 Å². The molecule has 0 bridgehead atoms. The third-order valence-electron chi connectivity index (χ3n) is 3.68. The van der Waals surface area contributed by atoms with Crippen LogP contribution >= 0.6 is 11.6 Å². The largest absolute Gasteiger partial charge is 0.466 e. The molecule has 1 fully saturated rings. The molecule has 128 valence electrons. The van der Waals surface area contributed by atoms with Crippen molar-refractivity contribution in [1.29, 1.82) is 0 Å². The quantitative estimate of drug-likeness (QED) is 0.772. The van der Waals surface area contributed by atoms with Gasteiger partial charge in [-0.15, -0.1) is 0 Å². The van der Waals surface area contributed by atoms with Crippen LogP contribution in [0.15, 0.2) is 28.7 Å². The predicted molar refractivity (Wildman–Crippen MR) is 90.3 cm³/mol. The van der Waals surface area contributed by atoms with Gasteiger partial charge in [0.2, 0.25) is 11.8 Å². The van der Waals surface area contributed by atoms with Crippen molar-refractivity contribution < 1.29 is 18.7 Å². The lowest BCUT2D eigenvalue weighted by Crippen LogP contribution is -2.36. The highest BCUT2D eigenvalue weighted by molar-refractivity contribution is 6.30. The van der Waals surface area contributed by atoms with Crippen LogP contribution in [0.4, 0.5) is 5.88 Å². The molecule has 3 rings (SSSR count). The highest BCUT2D eigenvalue weighted by atomic mass is 35.5. The molecule has 0 saturated carbocycles. The van der Waals surface area contributed by atoms with Crippen molar-refractivity contribution in [2.45, 2.75) is 13.3 Å². The zero-order valence-electron chi connectivity index (χ0n) is 13.5. The first-order chi connectivity index (χ1) is 11.7. The Labute approximate surface area is 145 Å². The van der Waals surface area contributed by atoms with Gasteiger partial charge in [-0.2, -0.15) is 0 Å². The number of anilines is 1. The maximum absolute atomic E-state index is 11.9. The lowest BCUT2D eigenvalue weighted by molar-refractivity contribution is -0.142. The summed E-state index contributed by atoms with van der Waals surface area (Å²) in [5, 5.41) is 0.644. The lowest BCUT2D eigenvalue weighted by atomic mass is 10.2. The smallest absolute Gasteiger partial charge is 0.312 e. The number of aromatic nitrogens is 1. The molecule has 7 heteroatoms. The number of ether oxygens (including phenoxy) is 2. The third kappa shape index (κ3) is 3.88. The Kier molecular flexibility index (Phi) is 5.37. The van der Waals surface area contributed by atoms with E-state index in [9.17, 15) is 4.79 Å². The highest BCUT2D eigenvalue weighted by Crippen LogP contribution is 2.30. The molecule has 2 aromatic rings. The lowest BCUT2D eigenvalue weighted by Gasteiger charge is -2.26. The topological polar surface area (TPSA) is 64.8 Å². The van der Waals surface area contributed by atoms with Crippen molar-refractivity contribution in [2.75, 3.05) is 37.8 Å². The highest BCUT2D eigenvalue weighted by Gasteiger charge is 2.24. The number of hydrogen-bond acceptors (Lipinski definition) is 6. The average molecular weight is 351 g/mol. The van der Waals surface area contributed by atoms with E-state index in [4.69, 9.17) is 25.5 Å². The van der Waals surface area contributed by atoms with Gasteiger partial charge in [-0.3, -0.25) is 4.79 Å². The third-order valence-corrected chi connectivity index (χ3v) is 3.94. The van der Waals surface area contributed by atoms with Crippen LogP contribution in [0.3, 0.4) is 0 Å². The van der Waals surface area contributed by atoms with Gasteiger partial charge in [0.25, 0.3) is 0 Å². The average Bonchev–Trinajstić information content (AvgIpc) is 3.00. The van der Waals surface area contributed by atoms with E-state index in [0.717, 1.165) is 5.56 Å². The number of rotatable bonds is 5. The molecule has 1 aromatic carbocycles. The molecular weight excluding hydrogens is 332 g/mol. The van der Waals surface area contributed by atoms with Crippen LogP contribution < -0.4 is 4.90 Å². The molecule has 0 N–H and O–H groups in total. The van der Waals surface area contributed by atoms with Gasteiger partial charge < -0.3 is 18.8 Å². The SMILES string of the molecule is CCOC(=O)Cc1nc(-c2ccc(Cl)cc2)oc1N1CCOCC1. The number of carbonyl (C=O) groups excluding carboxylic acids is 1. The number of oxazole rings is 1. The number of morpholine rings is 1. The minimum Gasteiger partial charge on any atom is -0.466 e. The Morgan fingerprint density at radius 3 is 2.67 bits per heavy atom. The fourth-order valence-corrected chi connectivity index (χ4v) is 2.66. The van der Waals surface area contributed by atoms with Crippen molar-refractivity contribution in [3.63, 3.8) is 0 Å². The van der Waals surface area contributed by atoms with E-state index in [0.29, 0.717) is 55.4 Å². The van der Waals surface area contributed by atoms with E-state index >= 15 is 0 Å². The molecule has 1 saturated heterocycles. The summed E-state index contributed by atoms with van der Waals surface area (Å²) in [7, 11) is 0. The molecule has 1 aliphatic rings. The Bertz CT molecular complexity index is 693. The second-order valence-corrected chi connectivity index (χ2v) is 5.80. The van der Waals surface area contributed by atoms with E-state index in [-0.39, 0.29) is 12.4 Å². The molecule has 2 heterocycles. The maximum atomic E-state index is 11.9. The number of carbonyl (C=O) groups is 1. The number of halogens is 1. The molecule has 0 atom stereocenters. The Balaban J connectivity index is 1.91. The van der Waals surface area contributed by atoms with Gasteiger partial charge in [0, 0.05) is 23.7 Å². The van der Waals surface area contributed by atoms with E-state index < -0.39 is 0 Å². The molecule has 1 aromatic heterocycles. The van der Waals surface area contributed by atoms with Crippen molar-refractivity contribution in [2.24, 2.45) is 0 Å². The van der Waals surface area contributed by atoms with Gasteiger partial charge in [0.05, 0.1) is 26.2 Å². The Morgan fingerprint density at radius 1 is 1.29 bits per heavy atom. The van der Waals surface area contributed by atoms with Gasteiger partial charge in [0.15, 0.2) is 0 Å². The normalized spacial score (nSPS) is 14.7. The molecule has 0 spiro atoms. The van der Waals surface area contributed by atoms with E-state index in [1.165, 1.54) is 0 Å². The number of nitrogens with zero attached hydrogens (tertiary/aromatic N) is 2. The number of hydrogen-bond donors (Lipinski definition) is 0. The van der Waals surface area contributed by atoms with Crippen molar-refractivity contribution in [3.05, 3.63) is 35.0 Å². The molecule has 24 heavy (non-hydrogen) atoms. The molecule has 0 unspecified atom stereocenters. The summed E-state index contributed by atoms with van der Waals surface area (Å²) < 4.78 is 16.4. The predicted octanol–water partition coefficient (Wildman–Crippen LogP) is 2.94. The van der Waals surface area contributed by atoms with Gasteiger partial charge in [0.1, 0.15) is 5.69 Å². The zero-order chi connectivity index (χ0) is 16.9. The van der Waals surface area contributed by atoms with Crippen molar-refractivity contribution in [3.8, 4) is 11.5 Å². The van der Waals surface area contributed by atoms with E-state index in [2.05, 4.69) is 4.98 Å². The van der Waals surface area contributed by atoms with Crippen LogP contribution in [0.1, 0.15) is 12.6 Å². The zero-order valence-corrected chi connectivity index (χ0v) is 14.2.